The second kappa shape index (κ2) is 6.28. The first kappa shape index (κ1) is 18.0. The van der Waals surface area contributed by atoms with Crippen molar-refractivity contribution < 1.29 is 10.2 Å². The number of aliphatic hydroxyl groups is 2. The first-order valence-corrected chi connectivity index (χ1v) is 9.12. The van der Waals surface area contributed by atoms with Crippen LogP contribution in [0.2, 0.25) is 0 Å². The molecule has 2 aliphatic rings. The van der Waals surface area contributed by atoms with Crippen molar-refractivity contribution in [3.63, 3.8) is 0 Å². The van der Waals surface area contributed by atoms with Crippen LogP contribution < -0.4 is 0 Å². The van der Waals surface area contributed by atoms with Crippen LogP contribution in [-0.2, 0) is 0 Å². The number of allylic oxidation sites excluding steroid dienone is 1. The predicted octanol–water partition coefficient (Wildman–Crippen LogP) is 4.70. The highest BCUT2D eigenvalue weighted by atomic mass is 16.3. The molecule has 2 fully saturated rings. The minimum atomic E-state index is -0.543. The Morgan fingerprint density at radius 2 is 1.82 bits per heavy atom. The van der Waals surface area contributed by atoms with Crippen molar-refractivity contribution in [1.29, 1.82) is 0 Å². The molecule has 0 saturated heterocycles. The van der Waals surface area contributed by atoms with E-state index in [1.165, 1.54) is 31.3 Å². The summed E-state index contributed by atoms with van der Waals surface area (Å²) in [6.45, 7) is 11.6. The van der Waals surface area contributed by atoms with Gasteiger partial charge in [0.1, 0.15) is 0 Å². The molecular formula is C20H36O2. The zero-order chi connectivity index (χ0) is 16.6. The molecule has 2 nitrogen and oxygen atoms in total. The van der Waals surface area contributed by atoms with E-state index in [0.29, 0.717) is 11.3 Å². The van der Waals surface area contributed by atoms with Gasteiger partial charge < -0.3 is 10.2 Å². The third-order valence-corrected chi connectivity index (χ3v) is 7.03. The van der Waals surface area contributed by atoms with Crippen LogP contribution >= 0.6 is 0 Å². The number of hydrogen-bond donors (Lipinski definition) is 2. The highest BCUT2D eigenvalue weighted by Gasteiger charge is 2.57. The molecule has 22 heavy (non-hydrogen) atoms. The molecule has 0 heterocycles. The van der Waals surface area contributed by atoms with Crippen LogP contribution in [0.1, 0.15) is 79.6 Å². The summed E-state index contributed by atoms with van der Waals surface area (Å²) in [5.41, 5.74) is 1.36. The fraction of sp³-hybridized carbons (Fsp3) is 0.900. The van der Waals surface area contributed by atoms with Gasteiger partial charge in [-0.3, -0.25) is 0 Å². The molecule has 128 valence electrons. The summed E-state index contributed by atoms with van der Waals surface area (Å²) >= 11 is 0. The summed E-state index contributed by atoms with van der Waals surface area (Å²) in [4.78, 5) is 0. The Morgan fingerprint density at radius 3 is 2.45 bits per heavy atom. The fourth-order valence-corrected chi connectivity index (χ4v) is 5.90. The summed E-state index contributed by atoms with van der Waals surface area (Å²) in [6.07, 6.45) is 9.90. The number of aliphatic hydroxyl groups excluding tert-OH is 1. The van der Waals surface area contributed by atoms with E-state index in [1.54, 1.807) is 0 Å². The van der Waals surface area contributed by atoms with E-state index in [0.717, 1.165) is 25.2 Å². The molecule has 0 aromatic carbocycles. The fourth-order valence-electron chi connectivity index (χ4n) is 5.90. The Hall–Kier alpha value is -0.340. The molecule has 0 radical (unpaired) electrons. The van der Waals surface area contributed by atoms with Crippen LogP contribution in [0, 0.1) is 22.7 Å². The van der Waals surface area contributed by atoms with E-state index in [2.05, 4.69) is 34.6 Å². The van der Waals surface area contributed by atoms with Gasteiger partial charge in [-0.25, -0.2) is 0 Å². The molecule has 0 aliphatic heterocycles. The molecule has 0 aromatic rings. The van der Waals surface area contributed by atoms with Crippen molar-refractivity contribution in [2.75, 3.05) is 6.61 Å². The number of hydrogen-bond acceptors (Lipinski definition) is 2. The first-order valence-electron chi connectivity index (χ1n) is 9.12. The van der Waals surface area contributed by atoms with Gasteiger partial charge in [0.25, 0.3) is 0 Å². The van der Waals surface area contributed by atoms with Crippen LogP contribution in [0.4, 0.5) is 0 Å². The zero-order valence-electron chi connectivity index (χ0n) is 15.3. The molecular weight excluding hydrogens is 272 g/mol. The zero-order valence-corrected chi connectivity index (χ0v) is 15.3. The predicted molar refractivity (Wildman–Crippen MR) is 92.7 cm³/mol. The van der Waals surface area contributed by atoms with E-state index >= 15 is 0 Å². The van der Waals surface area contributed by atoms with Crippen LogP contribution in [0.3, 0.4) is 0 Å². The van der Waals surface area contributed by atoms with Crippen molar-refractivity contribution in [3.8, 4) is 0 Å². The lowest BCUT2D eigenvalue weighted by Gasteiger charge is -2.61. The molecule has 2 saturated carbocycles. The van der Waals surface area contributed by atoms with E-state index in [-0.39, 0.29) is 12.0 Å². The van der Waals surface area contributed by atoms with Gasteiger partial charge >= 0.3 is 0 Å². The van der Waals surface area contributed by atoms with Gasteiger partial charge in [-0.2, -0.15) is 0 Å². The van der Waals surface area contributed by atoms with Gasteiger partial charge in [0.15, 0.2) is 0 Å². The Balaban J connectivity index is 2.24. The van der Waals surface area contributed by atoms with Gasteiger partial charge in [0.2, 0.25) is 0 Å². The van der Waals surface area contributed by atoms with Crippen LogP contribution in [0.15, 0.2) is 11.6 Å². The van der Waals surface area contributed by atoms with Gasteiger partial charge in [-0.1, -0.05) is 38.8 Å². The third-order valence-electron chi connectivity index (χ3n) is 7.03. The van der Waals surface area contributed by atoms with E-state index in [9.17, 15) is 5.11 Å². The topological polar surface area (TPSA) is 40.5 Å². The molecule has 0 aromatic heterocycles. The molecule has 4 atom stereocenters. The lowest BCUT2D eigenvalue weighted by atomic mass is 9.45. The first-order chi connectivity index (χ1) is 10.1. The Bertz CT molecular complexity index is 421. The minimum absolute atomic E-state index is 0.125. The quantitative estimate of drug-likeness (QED) is 0.739. The van der Waals surface area contributed by atoms with Crippen molar-refractivity contribution >= 4 is 0 Å². The SMILES string of the molecule is CC(=CCO)CC[C@@H]1[C@@]2(C)CCCC(C)(C)[C@@H]2CC[C@@]1(C)O. The average Bonchev–Trinajstić information content (AvgIpc) is 2.36. The maximum absolute atomic E-state index is 11.1. The molecule has 2 N–H and O–H groups in total. The third kappa shape index (κ3) is 3.28. The number of rotatable bonds is 4. The summed E-state index contributed by atoms with van der Waals surface area (Å²) < 4.78 is 0. The van der Waals surface area contributed by atoms with Crippen molar-refractivity contribution in [3.05, 3.63) is 11.6 Å². The number of fused-ring (bicyclic) bond motifs is 1. The molecule has 2 heteroatoms. The van der Waals surface area contributed by atoms with Crippen molar-refractivity contribution in [2.24, 2.45) is 22.7 Å². The Morgan fingerprint density at radius 1 is 1.14 bits per heavy atom. The summed E-state index contributed by atoms with van der Waals surface area (Å²) in [6, 6.07) is 0. The van der Waals surface area contributed by atoms with Crippen molar-refractivity contribution in [2.45, 2.75) is 85.2 Å². The van der Waals surface area contributed by atoms with E-state index in [1.807, 2.05) is 6.08 Å². The average molecular weight is 309 g/mol. The molecule has 0 bridgehead atoms. The smallest absolute Gasteiger partial charge is 0.0653 e. The van der Waals surface area contributed by atoms with Gasteiger partial charge in [-0.05, 0) is 75.0 Å². The highest BCUT2D eigenvalue weighted by Crippen LogP contribution is 2.62. The second-order valence-corrected chi connectivity index (χ2v) is 9.12. The van der Waals surface area contributed by atoms with Gasteiger partial charge in [0, 0.05) is 0 Å². The van der Waals surface area contributed by atoms with E-state index in [4.69, 9.17) is 5.11 Å². The summed E-state index contributed by atoms with van der Waals surface area (Å²) in [5, 5.41) is 20.1. The second-order valence-electron chi connectivity index (χ2n) is 9.12. The largest absolute Gasteiger partial charge is 0.392 e. The van der Waals surface area contributed by atoms with Crippen LogP contribution in [-0.4, -0.2) is 22.4 Å². The molecule has 0 unspecified atom stereocenters. The van der Waals surface area contributed by atoms with Gasteiger partial charge in [-0.15, -0.1) is 0 Å². The molecule has 0 amide bonds. The normalized spacial score (nSPS) is 42.0. The van der Waals surface area contributed by atoms with Gasteiger partial charge in [0.05, 0.1) is 12.2 Å². The maximum Gasteiger partial charge on any atom is 0.0653 e. The maximum atomic E-state index is 11.1. The Labute approximate surface area is 137 Å². The lowest BCUT2D eigenvalue weighted by molar-refractivity contribution is -0.168. The molecule has 2 rings (SSSR count). The van der Waals surface area contributed by atoms with Crippen LogP contribution in [0.5, 0.6) is 0 Å². The van der Waals surface area contributed by atoms with Crippen molar-refractivity contribution in [1.82, 2.24) is 0 Å². The van der Waals surface area contributed by atoms with E-state index < -0.39 is 5.60 Å². The minimum Gasteiger partial charge on any atom is -0.392 e. The summed E-state index contributed by atoms with van der Waals surface area (Å²) in [7, 11) is 0. The molecule has 0 spiro atoms. The van der Waals surface area contributed by atoms with Crippen LogP contribution in [0.25, 0.3) is 0 Å². The Kier molecular flexibility index (Phi) is 5.14. The lowest BCUT2D eigenvalue weighted by Crippen LogP contribution is -2.57. The monoisotopic (exact) mass is 308 g/mol. The summed E-state index contributed by atoms with van der Waals surface area (Å²) in [5.74, 6) is 1.08. The molecule has 2 aliphatic carbocycles. The standard InChI is InChI=1S/C20H36O2/c1-15(10-14-21)7-8-17-19(4)12-6-11-18(2,3)16(19)9-13-20(17,5)22/h10,16-17,21-22H,6-9,11-14H2,1-5H3/t16-,17+,19-,20+/m0/s1. The highest BCUT2D eigenvalue weighted by molar-refractivity contribution is 5.09.